The van der Waals surface area contributed by atoms with Gasteiger partial charge in [0.15, 0.2) is 0 Å². The van der Waals surface area contributed by atoms with Crippen LogP contribution in [-0.4, -0.2) is 63.8 Å². The molecule has 1 amide bonds. The summed E-state index contributed by atoms with van der Waals surface area (Å²) in [7, 11) is 0. The molecule has 1 atom stereocenters. The SMILES string of the molecule is NCCn1cnc(C(=O)N2CCOC(CC(=O)O)C2)c1. The minimum Gasteiger partial charge on any atom is -0.481 e. The van der Waals surface area contributed by atoms with Gasteiger partial charge in [0.25, 0.3) is 5.91 Å². The molecule has 0 bridgehead atoms. The highest BCUT2D eigenvalue weighted by Gasteiger charge is 2.27. The van der Waals surface area contributed by atoms with Crippen LogP contribution in [0.1, 0.15) is 16.9 Å². The summed E-state index contributed by atoms with van der Waals surface area (Å²) >= 11 is 0. The lowest BCUT2D eigenvalue weighted by Gasteiger charge is -2.31. The van der Waals surface area contributed by atoms with E-state index in [1.165, 1.54) is 0 Å². The first-order chi connectivity index (χ1) is 9.60. The Morgan fingerprint density at radius 1 is 1.55 bits per heavy atom. The Bertz CT molecular complexity index is 488. The Kier molecular flexibility index (Phi) is 4.70. The van der Waals surface area contributed by atoms with E-state index < -0.39 is 12.1 Å². The summed E-state index contributed by atoms with van der Waals surface area (Å²) < 4.78 is 7.08. The Labute approximate surface area is 116 Å². The summed E-state index contributed by atoms with van der Waals surface area (Å²) in [5.74, 6) is -1.14. The molecule has 1 aliphatic heterocycles. The third-order valence-electron chi connectivity index (χ3n) is 3.07. The second kappa shape index (κ2) is 6.49. The van der Waals surface area contributed by atoms with Crippen molar-refractivity contribution in [2.45, 2.75) is 19.1 Å². The van der Waals surface area contributed by atoms with Gasteiger partial charge in [0.2, 0.25) is 0 Å². The molecule has 1 fully saturated rings. The summed E-state index contributed by atoms with van der Waals surface area (Å²) in [6, 6.07) is 0. The number of nitrogens with two attached hydrogens (primary N) is 1. The van der Waals surface area contributed by atoms with Crippen molar-refractivity contribution in [1.29, 1.82) is 0 Å². The molecule has 0 saturated carbocycles. The number of hydrogen-bond donors (Lipinski definition) is 2. The highest BCUT2D eigenvalue weighted by molar-refractivity contribution is 5.92. The number of nitrogens with zero attached hydrogens (tertiary/aromatic N) is 3. The van der Waals surface area contributed by atoms with Gasteiger partial charge in [0, 0.05) is 32.4 Å². The van der Waals surface area contributed by atoms with E-state index in [4.69, 9.17) is 15.6 Å². The number of carbonyl (C=O) groups excluding carboxylic acids is 1. The second-order valence-electron chi connectivity index (χ2n) is 4.63. The predicted molar refractivity (Wildman–Crippen MR) is 69.2 cm³/mol. The summed E-state index contributed by atoms with van der Waals surface area (Å²) in [5, 5.41) is 8.76. The Balaban J connectivity index is 1.98. The normalized spacial score (nSPS) is 19.1. The first kappa shape index (κ1) is 14.5. The monoisotopic (exact) mass is 282 g/mol. The fourth-order valence-corrected chi connectivity index (χ4v) is 2.13. The number of imidazole rings is 1. The number of aromatic nitrogens is 2. The number of aliphatic carboxylic acids is 1. The van der Waals surface area contributed by atoms with Crippen LogP contribution >= 0.6 is 0 Å². The van der Waals surface area contributed by atoms with Gasteiger partial charge in [-0.1, -0.05) is 0 Å². The van der Waals surface area contributed by atoms with Crippen molar-refractivity contribution in [3.05, 3.63) is 18.2 Å². The minimum atomic E-state index is -0.934. The topological polar surface area (TPSA) is 111 Å². The molecule has 2 heterocycles. The van der Waals surface area contributed by atoms with Gasteiger partial charge < -0.3 is 25.0 Å². The van der Waals surface area contributed by atoms with Crippen molar-refractivity contribution >= 4 is 11.9 Å². The van der Waals surface area contributed by atoms with Crippen LogP contribution in [0.25, 0.3) is 0 Å². The first-order valence-electron chi connectivity index (χ1n) is 6.44. The molecule has 1 saturated heterocycles. The number of hydrogen-bond acceptors (Lipinski definition) is 5. The van der Waals surface area contributed by atoms with E-state index in [0.29, 0.717) is 31.9 Å². The Morgan fingerprint density at radius 2 is 2.35 bits per heavy atom. The molecule has 20 heavy (non-hydrogen) atoms. The van der Waals surface area contributed by atoms with E-state index in [1.807, 2.05) is 0 Å². The fraction of sp³-hybridized carbons (Fsp3) is 0.583. The van der Waals surface area contributed by atoms with Gasteiger partial charge in [0.1, 0.15) is 5.69 Å². The summed E-state index contributed by atoms with van der Waals surface area (Å²) in [5.41, 5.74) is 5.78. The largest absolute Gasteiger partial charge is 0.481 e. The zero-order chi connectivity index (χ0) is 14.5. The number of amides is 1. The molecule has 1 aromatic rings. The van der Waals surface area contributed by atoms with Crippen molar-refractivity contribution in [2.24, 2.45) is 5.73 Å². The summed E-state index contributed by atoms with van der Waals surface area (Å²) in [6.45, 7) is 2.13. The average Bonchev–Trinajstić information content (AvgIpc) is 2.86. The van der Waals surface area contributed by atoms with Crippen LogP contribution in [0.4, 0.5) is 0 Å². The van der Waals surface area contributed by atoms with Crippen molar-refractivity contribution in [3.8, 4) is 0 Å². The first-order valence-corrected chi connectivity index (χ1v) is 6.44. The molecule has 8 heteroatoms. The van der Waals surface area contributed by atoms with Crippen LogP contribution in [0, 0.1) is 0 Å². The predicted octanol–water partition coefficient (Wildman–Crippen LogP) is -0.842. The lowest BCUT2D eigenvalue weighted by Crippen LogP contribution is -2.46. The number of rotatable bonds is 5. The molecule has 0 aromatic carbocycles. The molecule has 1 unspecified atom stereocenters. The second-order valence-corrected chi connectivity index (χ2v) is 4.63. The molecular formula is C12H18N4O4. The minimum absolute atomic E-state index is 0.106. The van der Waals surface area contributed by atoms with Crippen LogP contribution in [-0.2, 0) is 16.1 Å². The van der Waals surface area contributed by atoms with E-state index in [-0.39, 0.29) is 18.9 Å². The van der Waals surface area contributed by atoms with Crippen LogP contribution in [0.15, 0.2) is 12.5 Å². The van der Waals surface area contributed by atoms with Crippen molar-refractivity contribution in [3.63, 3.8) is 0 Å². The molecular weight excluding hydrogens is 264 g/mol. The zero-order valence-corrected chi connectivity index (χ0v) is 11.1. The third kappa shape index (κ3) is 3.55. The van der Waals surface area contributed by atoms with Crippen molar-refractivity contribution in [1.82, 2.24) is 14.5 Å². The maximum absolute atomic E-state index is 12.3. The molecule has 0 aliphatic carbocycles. The number of ether oxygens (including phenoxy) is 1. The number of carboxylic acid groups (broad SMARTS) is 1. The van der Waals surface area contributed by atoms with Crippen LogP contribution in [0.2, 0.25) is 0 Å². The highest BCUT2D eigenvalue weighted by atomic mass is 16.5. The highest BCUT2D eigenvalue weighted by Crippen LogP contribution is 2.12. The molecule has 0 spiro atoms. The lowest BCUT2D eigenvalue weighted by molar-refractivity contribution is -0.141. The fourth-order valence-electron chi connectivity index (χ4n) is 2.13. The molecule has 110 valence electrons. The number of carboxylic acids is 1. The van der Waals surface area contributed by atoms with Crippen LogP contribution < -0.4 is 5.73 Å². The summed E-state index contributed by atoms with van der Waals surface area (Å²) in [4.78, 5) is 28.6. The third-order valence-corrected chi connectivity index (χ3v) is 3.07. The van der Waals surface area contributed by atoms with Crippen LogP contribution in [0.5, 0.6) is 0 Å². The molecule has 2 rings (SSSR count). The van der Waals surface area contributed by atoms with Crippen LogP contribution in [0.3, 0.4) is 0 Å². The van der Waals surface area contributed by atoms with E-state index in [0.717, 1.165) is 0 Å². The van der Waals surface area contributed by atoms with E-state index in [9.17, 15) is 9.59 Å². The van der Waals surface area contributed by atoms with E-state index in [1.54, 1.807) is 22.0 Å². The number of morpholine rings is 1. The van der Waals surface area contributed by atoms with Gasteiger partial charge in [-0.2, -0.15) is 0 Å². The molecule has 1 aliphatic rings. The Morgan fingerprint density at radius 3 is 3.05 bits per heavy atom. The van der Waals surface area contributed by atoms with E-state index in [2.05, 4.69) is 4.98 Å². The number of carbonyl (C=O) groups is 2. The lowest BCUT2D eigenvalue weighted by atomic mass is 10.2. The molecule has 1 aromatic heterocycles. The van der Waals surface area contributed by atoms with Crippen molar-refractivity contribution in [2.75, 3.05) is 26.2 Å². The Hall–Kier alpha value is -1.93. The standard InChI is InChI=1S/C12H18N4O4/c13-1-2-15-7-10(14-8-15)12(19)16-3-4-20-9(6-16)5-11(17)18/h7-9H,1-6,13H2,(H,17,18). The van der Waals surface area contributed by atoms with Gasteiger partial charge in [-0.05, 0) is 0 Å². The van der Waals surface area contributed by atoms with E-state index >= 15 is 0 Å². The maximum Gasteiger partial charge on any atom is 0.306 e. The quantitative estimate of drug-likeness (QED) is 0.728. The molecule has 0 radical (unpaired) electrons. The maximum atomic E-state index is 12.3. The van der Waals surface area contributed by atoms with Gasteiger partial charge in [-0.15, -0.1) is 0 Å². The molecule has 3 N–H and O–H groups in total. The summed E-state index contributed by atoms with van der Waals surface area (Å²) in [6.07, 6.45) is 2.65. The zero-order valence-electron chi connectivity index (χ0n) is 11.1. The molecule has 8 nitrogen and oxygen atoms in total. The van der Waals surface area contributed by atoms with Gasteiger partial charge >= 0.3 is 5.97 Å². The average molecular weight is 282 g/mol. The van der Waals surface area contributed by atoms with Gasteiger partial charge in [0.05, 0.1) is 25.5 Å². The smallest absolute Gasteiger partial charge is 0.306 e. The van der Waals surface area contributed by atoms with Gasteiger partial charge in [-0.3, -0.25) is 9.59 Å². The van der Waals surface area contributed by atoms with Crippen molar-refractivity contribution < 1.29 is 19.4 Å². The van der Waals surface area contributed by atoms with Gasteiger partial charge in [-0.25, -0.2) is 4.98 Å².